The summed E-state index contributed by atoms with van der Waals surface area (Å²) in [7, 11) is 1.77. The predicted molar refractivity (Wildman–Crippen MR) is 110 cm³/mol. The molecule has 27 heavy (non-hydrogen) atoms. The number of carbonyl (C=O) groups is 1. The second-order valence-corrected chi connectivity index (χ2v) is 7.11. The van der Waals surface area contributed by atoms with E-state index in [1.165, 1.54) is 0 Å². The molecular formula is C19H22Cl3N3O2. The maximum absolute atomic E-state index is 12.6. The Labute approximate surface area is 175 Å². The number of carbonyl (C=O) groups excluding carboxylic acids is 1. The van der Waals surface area contributed by atoms with E-state index in [9.17, 15) is 4.79 Å². The molecule has 2 atom stereocenters. The number of hydrogen-bond donors (Lipinski definition) is 1. The Morgan fingerprint density at radius 3 is 2.81 bits per heavy atom. The van der Waals surface area contributed by atoms with Crippen molar-refractivity contribution in [2.75, 3.05) is 33.3 Å². The first kappa shape index (κ1) is 21.9. The smallest absolute Gasteiger partial charge is 0.272 e. The average molecular weight is 431 g/mol. The molecule has 1 amide bonds. The van der Waals surface area contributed by atoms with Gasteiger partial charge in [-0.25, -0.2) is 0 Å². The summed E-state index contributed by atoms with van der Waals surface area (Å²) >= 11 is 12.2. The molecule has 1 aromatic carbocycles. The molecule has 1 aromatic heterocycles. The monoisotopic (exact) mass is 429 g/mol. The molecule has 5 nitrogen and oxygen atoms in total. The lowest BCUT2D eigenvalue weighted by Gasteiger charge is -2.29. The fourth-order valence-electron chi connectivity index (χ4n) is 3.08. The molecule has 1 N–H and O–H groups in total. The number of nitrogens with zero attached hydrogens (tertiary/aromatic N) is 2. The van der Waals surface area contributed by atoms with E-state index in [4.69, 9.17) is 27.9 Å². The number of hydrogen-bond acceptors (Lipinski definition) is 4. The van der Waals surface area contributed by atoms with Gasteiger partial charge in [-0.15, -0.1) is 12.4 Å². The van der Waals surface area contributed by atoms with Gasteiger partial charge in [-0.3, -0.25) is 9.78 Å². The number of rotatable bonds is 4. The van der Waals surface area contributed by atoms with E-state index in [0.29, 0.717) is 28.9 Å². The van der Waals surface area contributed by atoms with Crippen LogP contribution in [-0.4, -0.2) is 55.2 Å². The van der Waals surface area contributed by atoms with E-state index in [1.54, 1.807) is 42.4 Å². The van der Waals surface area contributed by atoms with Crippen molar-refractivity contribution >= 4 is 41.5 Å². The van der Waals surface area contributed by atoms with Crippen LogP contribution in [0.2, 0.25) is 10.0 Å². The summed E-state index contributed by atoms with van der Waals surface area (Å²) in [5, 5.41) is 4.42. The van der Waals surface area contributed by atoms with Crippen LogP contribution in [0, 0.1) is 0 Å². The Hall–Kier alpha value is -1.37. The molecule has 0 spiro atoms. The fraction of sp³-hybridized carbons (Fsp3) is 0.368. The topological polar surface area (TPSA) is 54.5 Å². The van der Waals surface area contributed by atoms with Gasteiger partial charge in [-0.05, 0) is 29.8 Å². The standard InChI is InChI=1S/C19H21Cl2N3O2.ClH/c1-24(19(25)17-4-2-3-7-23-17)12-18-14(11-22-8-9-26-18)13-5-6-15(20)16(21)10-13;/h2-7,10,14,18,22H,8-9,11-12H2,1H3;1H/t14-,18+;/m0./s1. The summed E-state index contributed by atoms with van der Waals surface area (Å²) in [5.74, 6) is -0.0643. The van der Waals surface area contributed by atoms with Gasteiger partial charge in [0.15, 0.2) is 0 Å². The first-order valence-corrected chi connectivity index (χ1v) is 9.25. The summed E-state index contributed by atoms with van der Waals surface area (Å²) in [4.78, 5) is 18.4. The van der Waals surface area contributed by atoms with Gasteiger partial charge in [0.05, 0.1) is 22.8 Å². The minimum absolute atomic E-state index is 0. The highest BCUT2D eigenvalue weighted by atomic mass is 35.5. The number of ether oxygens (including phenoxy) is 1. The zero-order valence-electron chi connectivity index (χ0n) is 14.9. The van der Waals surface area contributed by atoms with Crippen LogP contribution in [0.15, 0.2) is 42.6 Å². The van der Waals surface area contributed by atoms with Crippen molar-refractivity contribution in [3.63, 3.8) is 0 Å². The number of benzene rings is 1. The highest BCUT2D eigenvalue weighted by molar-refractivity contribution is 6.42. The van der Waals surface area contributed by atoms with Crippen LogP contribution < -0.4 is 5.32 Å². The average Bonchev–Trinajstić information content (AvgIpc) is 2.89. The second-order valence-electron chi connectivity index (χ2n) is 6.29. The number of likely N-dealkylation sites (N-methyl/N-ethyl adjacent to an activating group) is 1. The Morgan fingerprint density at radius 2 is 2.11 bits per heavy atom. The van der Waals surface area contributed by atoms with Gasteiger partial charge < -0.3 is 15.0 Å². The first-order valence-electron chi connectivity index (χ1n) is 8.50. The quantitative estimate of drug-likeness (QED) is 0.804. The lowest BCUT2D eigenvalue weighted by molar-refractivity contribution is 0.0268. The fourth-order valence-corrected chi connectivity index (χ4v) is 3.39. The summed E-state index contributed by atoms with van der Waals surface area (Å²) < 4.78 is 6.04. The predicted octanol–water partition coefficient (Wildman–Crippen LogP) is 3.65. The van der Waals surface area contributed by atoms with Crippen molar-refractivity contribution < 1.29 is 9.53 Å². The Bertz CT molecular complexity index is 761. The summed E-state index contributed by atoms with van der Waals surface area (Å²) in [6.45, 7) is 2.57. The molecule has 0 aliphatic carbocycles. The molecule has 2 heterocycles. The van der Waals surface area contributed by atoms with Gasteiger partial charge in [0, 0.05) is 38.8 Å². The van der Waals surface area contributed by atoms with Gasteiger partial charge in [0.2, 0.25) is 0 Å². The highest BCUT2D eigenvalue weighted by Gasteiger charge is 2.29. The van der Waals surface area contributed by atoms with Crippen LogP contribution in [0.1, 0.15) is 22.0 Å². The zero-order chi connectivity index (χ0) is 18.5. The van der Waals surface area contributed by atoms with Gasteiger partial charge in [0.1, 0.15) is 5.69 Å². The van der Waals surface area contributed by atoms with E-state index in [0.717, 1.165) is 18.7 Å². The van der Waals surface area contributed by atoms with Crippen LogP contribution >= 0.6 is 35.6 Å². The van der Waals surface area contributed by atoms with Gasteiger partial charge in [-0.2, -0.15) is 0 Å². The van der Waals surface area contributed by atoms with Gasteiger partial charge in [0.25, 0.3) is 5.91 Å². The van der Waals surface area contributed by atoms with E-state index in [2.05, 4.69) is 10.3 Å². The molecule has 1 fully saturated rings. The lowest BCUT2D eigenvalue weighted by Crippen LogP contribution is -2.40. The van der Waals surface area contributed by atoms with Crippen LogP contribution in [0.4, 0.5) is 0 Å². The molecule has 0 radical (unpaired) electrons. The van der Waals surface area contributed by atoms with Crippen LogP contribution in [0.25, 0.3) is 0 Å². The number of aromatic nitrogens is 1. The zero-order valence-corrected chi connectivity index (χ0v) is 17.2. The van der Waals surface area contributed by atoms with Gasteiger partial charge >= 0.3 is 0 Å². The number of nitrogens with one attached hydrogen (secondary N) is 1. The molecule has 1 saturated heterocycles. The van der Waals surface area contributed by atoms with E-state index in [1.807, 2.05) is 12.1 Å². The van der Waals surface area contributed by atoms with Crippen LogP contribution in [0.5, 0.6) is 0 Å². The Balaban J connectivity index is 0.00000261. The molecular weight excluding hydrogens is 409 g/mol. The number of pyridine rings is 1. The third-order valence-electron chi connectivity index (χ3n) is 4.48. The molecule has 146 valence electrons. The SMILES string of the molecule is CN(C[C@H]1OCCNC[C@H]1c1ccc(Cl)c(Cl)c1)C(=O)c1ccccn1.Cl. The summed E-state index contributed by atoms with van der Waals surface area (Å²) in [5.41, 5.74) is 1.46. The number of halogens is 3. The molecule has 0 saturated carbocycles. The molecule has 1 aliphatic rings. The Kier molecular flexibility index (Phi) is 8.32. The third kappa shape index (κ3) is 5.56. The largest absolute Gasteiger partial charge is 0.374 e. The van der Waals surface area contributed by atoms with Crippen LogP contribution in [0.3, 0.4) is 0 Å². The summed E-state index contributed by atoms with van der Waals surface area (Å²) in [6.07, 6.45) is 1.46. The van der Waals surface area contributed by atoms with Gasteiger partial charge in [-0.1, -0.05) is 35.3 Å². The van der Waals surface area contributed by atoms with E-state index < -0.39 is 0 Å². The lowest BCUT2D eigenvalue weighted by atomic mass is 9.92. The Morgan fingerprint density at radius 1 is 1.30 bits per heavy atom. The first-order chi connectivity index (χ1) is 12.6. The second kappa shape index (κ2) is 10.2. The van der Waals surface area contributed by atoms with Crippen molar-refractivity contribution in [3.8, 4) is 0 Å². The minimum Gasteiger partial charge on any atom is -0.374 e. The normalized spacial score (nSPS) is 19.7. The maximum atomic E-state index is 12.6. The van der Waals surface area contributed by atoms with E-state index >= 15 is 0 Å². The van der Waals surface area contributed by atoms with Crippen molar-refractivity contribution in [1.82, 2.24) is 15.2 Å². The highest BCUT2D eigenvalue weighted by Crippen LogP contribution is 2.30. The molecule has 1 aliphatic heterocycles. The third-order valence-corrected chi connectivity index (χ3v) is 5.22. The van der Waals surface area contributed by atoms with E-state index in [-0.39, 0.29) is 30.3 Å². The maximum Gasteiger partial charge on any atom is 0.272 e. The van der Waals surface area contributed by atoms with Crippen molar-refractivity contribution in [2.45, 2.75) is 12.0 Å². The van der Waals surface area contributed by atoms with Crippen LogP contribution in [-0.2, 0) is 4.74 Å². The van der Waals surface area contributed by atoms with Crippen molar-refractivity contribution in [2.24, 2.45) is 0 Å². The minimum atomic E-state index is -0.153. The summed E-state index contributed by atoms with van der Waals surface area (Å²) in [6, 6.07) is 10.9. The molecule has 0 unspecified atom stereocenters. The number of amides is 1. The molecule has 0 bridgehead atoms. The van der Waals surface area contributed by atoms with Crippen molar-refractivity contribution in [1.29, 1.82) is 0 Å². The molecule has 3 rings (SSSR count). The van der Waals surface area contributed by atoms with Crippen molar-refractivity contribution in [3.05, 3.63) is 63.9 Å². The molecule has 2 aromatic rings. The molecule has 8 heteroatoms.